The number of hydrogen-bond donors (Lipinski definition) is 3. The molecule has 0 saturated carbocycles. The van der Waals surface area contributed by atoms with Crippen molar-refractivity contribution in [3.8, 4) is 11.1 Å². The van der Waals surface area contributed by atoms with Gasteiger partial charge in [0.2, 0.25) is 5.91 Å². The van der Waals surface area contributed by atoms with Crippen molar-refractivity contribution < 1.29 is 24.2 Å². The summed E-state index contributed by atoms with van der Waals surface area (Å²) in [7, 11) is 0. The van der Waals surface area contributed by atoms with Crippen molar-refractivity contribution in [1.82, 2.24) is 10.6 Å². The number of benzene rings is 2. The van der Waals surface area contributed by atoms with Crippen LogP contribution in [0, 0.1) is 0 Å². The zero-order valence-corrected chi connectivity index (χ0v) is 18.8. The van der Waals surface area contributed by atoms with Gasteiger partial charge >= 0.3 is 12.1 Å². The number of carboxylic acids is 1. The van der Waals surface area contributed by atoms with Gasteiger partial charge in [0.05, 0.1) is 6.42 Å². The van der Waals surface area contributed by atoms with Crippen LogP contribution in [0.25, 0.3) is 11.1 Å². The molecular weight excluding hydrogens is 420 g/mol. The monoisotopic (exact) mass is 450 g/mol. The molecule has 0 spiro atoms. The summed E-state index contributed by atoms with van der Waals surface area (Å²) in [5.74, 6) is -1.50. The first kappa shape index (κ1) is 24.0. The molecule has 0 radical (unpaired) electrons. The Morgan fingerprint density at radius 3 is 2.21 bits per heavy atom. The van der Waals surface area contributed by atoms with E-state index in [-0.39, 0.29) is 18.9 Å². The Morgan fingerprint density at radius 2 is 1.67 bits per heavy atom. The number of nitrogens with one attached hydrogen (secondary N) is 2. The number of rotatable bonds is 11. The molecule has 2 atom stereocenters. The maximum Gasteiger partial charge on any atom is 0.407 e. The Balaban J connectivity index is 1.64. The molecule has 2 aromatic carbocycles. The molecule has 7 heteroatoms. The topological polar surface area (TPSA) is 105 Å². The van der Waals surface area contributed by atoms with Gasteiger partial charge < -0.3 is 20.5 Å². The summed E-state index contributed by atoms with van der Waals surface area (Å²) >= 11 is 0. The first-order valence-electron chi connectivity index (χ1n) is 11.2. The van der Waals surface area contributed by atoms with E-state index in [1.165, 1.54) is 0 Å². The van der Waals surface area contributed by atoms with Gasteiger partial charge in [0.25, 0.3) is 0 Å². The molecule has 0 saturated heterocycles. The van der Waals surface area contributed by atoms with Crippen LogP contribution in [0.4, 0.5) is 4.79 Å². The maximum absolute atomic E-state index is 12.7. The normalized spacial score (nSPS) is 13.8. The predicted molar refractivity (Wildman–Crippen MR) is 126 cm³/mol. The number of amides is 2. The first-order valence-corrected chi connectivity index (χ1v) is 11.2. The van der Waals surface area contributed by atoms with Crippen molar-refractivity contribution in [2.24, 2.45) is 0 Å². The quantitative estimate of drug-likeness (QED) is 0.445. The average molecular weight is 451 g/mol. The number of allylic oxidation sites excluding steroid dienone is 1. The molecule has 7 nitrogen and oxygen atoms in total. The second kappa shape index (κ2) is 11.3. The van der Waals surface area contributed by atoms with Gasteiger partial charge in [-0.25, -0.2) is 4.79 Å². The second-order valence-electron chi connectivity index (χ2n) is 8.10. The average Bonchev–Trinajstić information content (AvgIpc) is 3.13. The summed E-state index contributed by atoms with van der Waals surface area (Å²) in [6.07, 6.45) is 2.11. The van der Waals surface area contributed by atoms with Crippen LogP contribution in [-0.2, 0) is 14.3 Å². The number of carboxylic acid groups (broad SMARTS) is 1. The molecule has 0 aromatic heterocycles. The standard InChI is InChI=1S/C26H30N2O5/c1-3-5-14-23(25(31)27-17(4-2)15-24(29)30)28-26(32)33-16-22-20-12-8-6-10-18(20)19-11-7-9-13-21(19)22/h3,6-13,17,22-23H,1,4-5,14-16H2,2H3,(H,27,31)(H,28,32)(H,29,30)/t17-,23?/m1/s1. The van der Waals surface area contributed by atoms with E-state index in [1.54, 1.807) is 13.0 Å². The van der Waals surface area contributed by atoms with E-state index >= 15 is 0 Å². The van der Waals surface area contributed by atoms with E-state index in [4.69, 9.17) is 9.84 Å². The molecule has 1 aliphatic carbocycles. The van der Waals surface area contributed by atoms with Crippen LogP contribution in [0.15, 0.2) is 61.2 Å². The molecule has 0 bridgehead atoms. The molecular formula is C26H30N2O5. The highest BCUT2D eigenvalue weighted by molar-refractivity contribution is 5.86. The Labute approximate surface area is 193 Å². The zero-order chi connectivity index (χ0) is 23.8. The van der Waals surface area contributed by atoms with Gasteiger partial charge in [-0.15, -0.1) is 6.58 Å². The van der Waals surface area contributed by atoms with Crippen LogP contribution < -0.4 is 10.6 Å². The molecule has 33 heavy (non-hydrogen) atoms. The SMILES string of the molecule is C=CCCC(NC(=O)OCC1c2ccccc2-c2ccccc21)C(=O)N[C@H](CC)CC(=O)O. The van der Waals surface area contributed by atoms with Gasteiger partial charge in [0.15, 0.2) is 0 Å². The number of carbonyl (C=O) groups excluding carboxylic acids is 2. The number of fused-ring (bicyclic) bond motifs is 3. The largest absolute Gasteiger partial charge is 0.481 e. The second-order valence-corrected chi connectivity index (χ2v) is 8.10. The van der Waals surface area contributed by atoms with E-state index < -0.39 is 30.1 Å². The summed E-state index contributed by atoms with van der Waals surface area (Å²) < 4.78 is 5.55. The van der Waals surface area contributed by atoms with E-state index in [0.29, 0.717) is 19.3 Å². The number of aliphatic carboxylic acids is 1. The third-order valence-electron chi connectivity index (χ3n) is 5.87. The molecule has 2 aromatic rings. The van der Waals surface area contributed by atoms with Crippen LogP contribution in [0.3, 0.4) is 0 Å². The fourth-order valence-corrected chi connectivity index (χ4v) is 4.15. The van der Waals surface area contributed by atoms with Crippen molar-refractivity contribution in [3.05, 3.63) is 72.3 Å². The molecule has 0 heterocycles. The number of hydrogen-bond acceptors (Lipinski definition) is 4. The predicted octanol–water partition coefficient (Wildman–Crippen LogP) is 4.23. The lowest BCUT2D eigenvalue weighted by atomic mass is 9.98. The fourth-order valence-electron chi connectivity index (χ4n) is 4.15. The van der Waals surface area contributed by atoms with Gasteiger partial charge in [0, 0.05) is 12.0 Å². The van der Waals surface area contributed by atoms with Gasteiger partial charge in [0.1, 0.15) is 12.6 Å². The van der Waals surface area contributed by atoms with E-state index in [0.717, 1.165) is 22.3 Å². The Bertz CT molecular complexity index is 974. The highest BCUT2D eigenvalue weighted by Gasteiger charge is 2.30. The molecule has 1 unspecified atom stereocenters. The third kappa shape index (κ3) is 6.00. The Hall–Kier alpha value is -3.61. The highest BCUT2D eigenvalue weighted by atomic mass is 16.5. The van der Waals surface area contributed by atoms with Gasteiger partial charge in [-0.1, -0.05) is 61.5 Å². The molecule has 0 fully saturated rings. The van der Waals surface area contributed by atoms with Crippen molar-refractivity contribution in [2.75, 3.05) is 6.61 Å². The molecule has 174 valence electrons. The number of carbonyl (C=O) groups is 3. The lowest BCUT2D eigenvalue weighted by molar-refractivity contribution is -0.137. The molecule has 2 amide bonds. The highest BCUT2D eigenvalue weighted by Crippen LogP contribution is 2.44. The number of alkyl carbamates (subject to hydrolysis) is 1. The molecule has 1 aliphatic rings. The van der Waals surface area contributed by atoms with E-state index in [2.05, 4.69) is 29.3 Å². The van der Waals surface area contributed by atoms with Gasteiger partial charge in [-0.3, -0.25) is 9.59 Å². The lowest BCUT2D eigenvalue weighted by Gasteiger charge is -2.22. The van der Waals surface area contributed by atoms with Crippen molar-refractivity contribution in [1.29, 1.82) is 0 Å². The summed E-state index contributed by atoms with van der Waals surface area (Å²) in [6.45, 7) is 5.61. The smallest absolute Gasteiger partial charge is 0.407 e. The minimum atomic E-state index is -0.991. The van der Waals surface area contributed by atoms with Crippen molar-refractivity contribution in [3.63, 3.8) is 0 Å². The Kier molecular flexibility index (Phi) is 8.24. The summed E-state index contributed by atoms with van der Waals surface area (Å²) in [5, 5.41) is 14.4. The van der Waals surface area contributed by atoms with Crippen LogP contribution in [-0.4, -0.2) is 41.8 Å². The summed E-state index contributed by atoms with van der Waals surface area (Å²) in [6, 6.07) is 14.8. The first-order chi connectivity index (χ1) is 15.9. The fraction of sp³-hybridized carbons (Fsp3) is 0.346. The van der Waals surface area contributed by atoms with Gasteiger partial charge in [-0.05, 0) is 41.5 Å². The van der Waals surface area contributed by atoms with E-state index in [9.17, 15) is 14.4 Å². The number of ether oxygens (including phenoxy) is 1. The summed E-state index contributed by atoms with van der Waals surface area (Å²) in [4.78, 5) is 36.3. The van der Waals surface area contributed by atoms with Crippen LogP contribution >= 0.6 is 0 Å². The zero-order valence-electron chi connectivity index (χ0n) is 18.8. The molecule has 3 rings (SSSR count). The molecule has 3 N–H and O–H groups in total. The van der Waals surface area contributed by atoms with Crippen LogP contribution in [0.5, 0.6) is 0 Å². The minimum Gasteiger partial charge on any atom is -0.481 e. The Morgan fingerprint density at radius 1 is 1.06 bits per heavy atom. The van der Waals surface area contributed by atoms with Crippen LogP contribution in [0.2, 0.25) is 0 Å². The van der Waals surface area contributed by atoms with Gasteiger partial charge in [-0.2, -0.15) is 0 Å². The van der Waals surface area contributed by atoms with Crippen molar-refractivity contribution >= 4 is 18.0 Å². The van der Waals surface area contributed by atoms with Crippen LogP contribution in [0.1, 0.15) is 49.7 Å². The maximum atomic E-state index is 12.7. The minimum absolute atomic E-state index is 0.0800. The third-order valence-corrected chi connectivity index (χ3v) is 5.87. The van der Waals surface area contributed by atoms with Crippen molar-refractivity contribution in [2.45, 2.75) is 50.6 Å². The summed E-state index contributed by atoms with van der Waals surface area (Å²) in [5.41, 5.74) is 4.47. The van der Waals surface area contributed by atoms with E-state index in [1.807, 2.05) is 36.4 Å². The lowest BCUT2D eigenvalue weighted by Crippen LogP contribution is -2.50. The molecule has 0 aliphatic heterocycles.